The van der Waals surface area contributed by atoms with Crippen LogP contribution >= 0.6 is 0 Å². The summed E-state index contributed by atoms with van der Waals surface area (Å²) in [5.74, 6) is -4.44. The minimum atomic E-state index is -1.01. The van der Waals surface area contributed by atoms with Crippen molar-refractivity contribution in [2.24, 2.45) is 0 Å². The van der Waals surface area contributed by atoms with E-state index >= 15 is 0 Å². The van der Waals surface area contributed by atoms with Gasteiger partial charge in [0, 0.05) is 0 Å². The lowest BCUT2D eigenvalue weighted by atomic mass is 10.0. The number of phenols is 1. The quantitative estimate of drug-likeness (QED) is 0.595. The molecule has 1 aromatic carbocycles. The summed E-state index contributed by atoms with van der Waals surface area (Å²) in [5, 5.41) is 18.6. The highest BCUT2D eigenvalue weighted by molar-refractivity contribution is 6.15. The van der Waals surface area contributed by atoms with E-state index in [1.807, 2.05) is 0 Å². The molecule has 5 nitrogen and oxygen atoms in total. The van der Waals surface area contributed by atoms with Crippen LogP contribution in [0.25, 0.3) is 0 Å². The van der Waals surface area contributed by atoms with Crippen molar-refractivity contribution in [3.05, 3.63) is 40.9 Å². The van der Waals surface area contributed by atoms with E-state index in [0.29, 0.717) is 0 Å². The molecule has 1 aliphatic heterocycles. The zero-order valence-corrected chi connectivity index (χ0v) is 8.44. The lowest BCUT2D eigenvalue weighted by Gasteiger charge is -2.03. The first-order chi connectivity index (χ1) is 8.02. The number of carbonyl (C=O) groups excluding carboxylic acids is 2. The Morgan fingerprint density at radius 1 is 1.35 bits per heavy atom. The highest BCUT2D eigenvalue weighted by atomic mass is 19.1. The number of rotatable bonds is 2. The molecule has 0 bridgehead atoms. The van der Waals surface area contributed by atoms with Crippen LogP contribution in [0, 0.1) is 5.82 Å². The third-order valence-corrected chi connectivity index (χ3v) is 2.33. The summed E-state index contributed by atoms with van der Waals surface area (Å²) in [5.41, 5.74) is -0.624. The van der Waals surface area contributed by atoms with Gasteiger partial charge in [-0.05, 0) is 12.1 Å². The van der Waals surface area contributed by atoms with Gasteiger partial charge in [-0.3, -0.25) is 4.79 Å². The van der Waals surface area contributed by atoms with E-state index in [-0.39, 0.29) is 17.7 Å². The molecule has 88 valence electrons. The molecule has 2 rings (SSSR count). The minimum absolute atomic E-state index is 0.295. The standard InChI is InChI=1S/C11H7FO5/c12-7-3-1-2-5(9(7)14)8(13)6-4-17-11(16)10(6)15/h1-3,14-15H,4H2. The van der Waals surface area contributed by atoms with Crippen molar-refractivity contribution in [1.82, 2.24) is 0 Å². The Kier molecular flexibility index (Phi) is 2.55. The number of aliphatic hydroxyl groups is 1. The monoisotopic (exact) mass is 238 g/mol. The third kappa shape index (κ3) is 1.73. The van der Waals surface area contributed by atoms with Crippen LogP contribution in [-0.2, 0) is 9.53 Å². The van der Waals surface area contributed by atoms with Gasteiger partial charge in [-0.25, -0.2) is 9.18 Å². The van der Waals surface area contributed by atoms with Crippen molar-refractivity contribution in [3.8, 4) is 5.75 Å². The van der Waals surface area contributed by atoms with Gasteiger partial charge in [0.25, 0.3) is 0 Å². The van der Waals surface area contributed by atoms with Gasteiger partial charge in [-0.1, -0.05) is 6.07 Å². The molecule has 1 aromatic rings. The number of halogens is 1. The zero-order chi connectivity index (χ0) is 12.6. The molecule has 17 heavy (non-hydrogen) atoms. The van der Waals surface area contributed by atoms with Gasteiger partial charge in [-0.15, -0.1) is 0 Å². The van der Waals surface area contributed by atoms with Gasteiger partial charge in [0.2, 0.25) is 5.76 Å². The Morgan fingerprint density at radius 2 is 2.06 bits per heavy atom. The zero-order valence-electron chi connectivity index (χ0n) is 8.44. The number of hydrogen-bond acceptors (Lipinski definition) is 5. The second kappa shape index (κ2) is 3.89. The second-order valence-electron chi connectivity index (χ2n) is 3.37. The molecule has 6 heteroatoms. The molecule has 1 heterocycles. The summed E-state index contributed by atoms with van der Waals surface area (Å²) in [6.07, 6.45) is 0. The number of aromatic hydroxyl groups is 1. The van der Waals surface area contributed by atoms with Crippen LogP contribution in [-0.4, -0.2) is 28.6 Å². The SMILES string of the molecule is O=C1OCC(C(=O)c2cccc(F)c2O)=C1O. The van der Waals surface area contributed by atoms with Gasteiger partial charge in [-0.2, -0.15) is 0 Å². The Morgan fingerprint density at radius 3 is 2.65 bits per heavy atom. The minimum Gasteiger partial charge on any atom is -0.504 e. The number of ether oxygens (including phenoxy) is 1. The molecular weight excluding hydrogens is 231 g/mol. The lowest BCUT2D eigenvalue weighted by molar-refractivity contribution is -0.138. The van der Waals surface area contributed by atoms with E-state index in [9.17, 15) is 24.2 Å². The number of esters is 1. The molecule has 2 N–H and O–H groups in total. The number of carbonyl (C=O) groups is 2. The molecule has 0 atom stereocenters. The van der Waals surface area contributed by atoms with Crippen LogP contribution < -0.4 is 0 Å². The Balaban J connectivity index is 2.46. The maximum absolute atomic E-state index is 13.0. The summed E-state index contributed by atoms with van der Waals surface area (Å²) in [7, 11) is 0. The molecule has 0 aliphatic carbocycles. The molecule has 0 unspecified atom stereocenters. The predicted octanol–water partition coefficient (Wildman–Crippen LogP) is 1.08. The molecule has 0 saturated heterocycles. The van der Waals surface area contributed by atoms with Crippen LogP contribution in [0.2, 0.25) is 0 Å². The smallest absolute Gasteiger partial charge is 0.374 e. The highest BCUT2D eigenvalue weighted by Gasteiger charge is 2.31. The van der Waals surface area contributed by atoms with Gasteiger partial charge in [0.05, 0.1) is 11.1 Å². The first-order valence-electron chi connectivity index (χ1n) is 4.63. The number of cyclic esters (lactones) is 1. The number of para-hydroxylation sites is 1. The number of aliphatic hydroxyl groups excluding tert-OH is 1. The lowest BCUT2D eigenvalue weighted by Crippen LogP contribution is -2.07. The van der Waals surface area contributed by atoms with Crippen LogP contribution in [0.1, 0.15) is 10.4 Å². The maximum atomic E-state index is 13.0. The topological polar surface area (TPSA) is 83.8 Å². The fourth-order valence-corrected chi connectivity index (χ4v) is 1.43. The van der Waals surface area contributed by atoms with Crippen LogP contribution in [0.5, 0.6) is 5.75 Å². The molecule has 0 amide bonds. The van der Waals surface area contributed by atoms with E-state index in [2.05, 4.69) is 4.74 Å². The summed E-state index contributed by atoms with van der Waals surface area (Å²) in [6, 6.07) is 3.40. The molecule has 1 aliphatic rings. The van der Waals surface area contributed by atoms with E-state index in [1.165, 1.54) is 12.1 Å². The van der Waals surface area contributed by atoms with Gasteiger partial charge in [0.15, 0.2) is 17.3 Å². The maximum Gasteiger partial charge on any atom is 0.374 e. The first-order valence-corrected chi connectivity index (χ1v) is 4.63. The van der Waals surface area contributed by atoms with Crippen molar-refractivity contribution in [3.63, 3.8) is 0 Å². The van der Waals surface area contributed by atoms with Crippen molar-refractivity contribution in [2.75, 3.05) is 6.61 Å². The molecule has 0 aromatic heterocycles. The molecule has 0 radical (unpaired) electrons. The highest BCUT2D eigenvalue weighted by Crippen LogP contribution is 2.26. The molecular formula is C11H7FO5. The third-order valence-electron chi connectivity index (χ3n) is 2.33. The summed E-state index contributed by atoms with van der Waals surface area (Å²) < 4.78 is 17.5. The van der Waals surface area contributed by atoms with Crippen molar-refractivity contribution >= 4 is 11.8 Å². The number of ketones is 1. The predicted molar refractivity (Wildman–Crippen MR) is 53.0 cm³/mol. The largest absolute Gasteiger partial charge is 0.504 e. The Labute approximate surface area is 94.8 Å². The van der Waals surface area contributed by atoms with Gasteiger partial charge in [0.1, 0.15) is 6.61 Å². The van der Waals surface area contributed by atoms with Crippen molar-refractivity contribution in [1.29, 1.82) is 0 Å². The van der Waals surface area contributed by atoms with E-state index in [4.69, 9.17) is 0 Å². The molecule has 0 spiro atoms. The second-order valence-corrected chi connectivity index (χ2v) is 3.37. The summed E-state index contributed by atoms with van der Waals surface area (Å²) >= 11 is 0. The van der Waals surface area contributed by atoms with Gasteiger partial charge < -0.3 is 14.9 Å². The Bertz CT molecular complexity index is 547. The van der Waals surface area contributed by atoms with E-state index in [0.717, 1.165) is 6.07 Å². The number of hydrogen-bond donors (Lipinski definition) is 2. The van der Waals surface area contributed by atoms with Crippen molar-refractivity contribution < 1.29 is 28.9 Å². The normalized spacial score (nSPS) is 15.0. The average Bonchev–Trinajstić information content (AvgIpc) is 2.63. The molecule has 0 fully saturated rings. The van der Waals surface area contributed by atoms with E-state index in [1.54, 1.807) is 0 Å². The number of benzene rings is 1. The number of phenolic OH excluding ortho intramolecular Hbond substituents is 1. The fraction of sp³-hybridized carbons (Fsp3) is 0.0909. The number of Topliss-reactive ketones (excluding diaryl/α,β-unsaturated/α-hetero) is 1. The van der Waals surface area contributed by atoms with Crippen molar-refractivity contribution in [2.45, 2.75) is 0 Å². The van der Waals surface area contributed by atoms with Crippen LogP contribution in [0.3, 0.4) is 0 Å². The van der Waals surface area contributed by atoms with Crippen LogP contribution in [0.4, 0.5) is 4.39 Å². The first kappa shape index (κ1) is 11.1. The van der Waals surface area contributed by atoms with Gasteiger partial charge >= 0.3 is 5.97 Å². The average molecular weight is 238 g/mol. The molecule has 0 saturated carbocycles. The Hall–Kier alpha value is -2.37. The summed E-state index contributed by atoms with van der Waals surface area (Å²) in [4.78, 5) is 22.7. The summed E-state index contributed by atoms with van der Waals surface area (Å²) in [6.45, 7) is -0.389. The van der Waals surface area contributed by atoms with Crippen LogP contribution in [0.15, 0.2) is 29.5 Å². The fourth-order valence-electron chi connectivity index (χ4n) is 1.43. The van der Waals surface area contributed by atoms with E-state index < -0.39 is 29.1 Å².